The third kappa shape index (κ3) is 6.68. The Labute approximate surface area is 266 Å². The summed E-state index contributed by atoms with van der Waals surface area (Å²) in [5.41, 5.74) is 5.79. The Kier molecular flexibility index (Phi) is 9.76. The van der Waals surface area contributed by atoms with Crippen molar-refractivity contribution < 1.29 is 20.4 Å². The minimum Gasteiger partial charge on any atom is -0.508 e. The molecule has 1 aliphatic carbocycles. The summed E-state index contributed by atoms with van der Waals surface area (Å²) in [5.74, 6) is 1.85. The molecule has 45 heavy (non-hydrogen) atoms. The first kappa shape index (κ1) is 32.0. The molecule has 4 aromatic rings. The summed E-state index contributed by atoms with van der Waals surface area (Å²) in [5, 5.41) is 42.6. The first-order chi connectivity index (χ1) is 21.6. The third-order valence-corrected chi connectivity index (χ3v) is 9.49. The van der Waals surface area contributed by atoms with Crippen LogP contribution < -0.4 is 0 Å². The van der Waals surface area contributed by atoms with E-state index in [0.29, 0.717) is 39.9 Å². The van der Waals surface area contributed by atoms with Crippen molar-refractivity contribution in [3.05, 3.63) is 82.2 Å². The Hall–Kier alpha value is -4.39. The number of rotatable bonds is 9. The molecule has 0 radical (unpaired) electrons. The van der Waals surface area contributed by atoms with Gasteiger partial charge in [-0.2, -0.15) is 0 Å². The van der Waals surface area contributed by atoms with Gasteiger partial charge in [0.1, 0.15) is 23.0 Å². The number of aryl methyl sites for hydroxylation is 1. The highest BCUT2D eigenvalue weighted by Gasteiger charge is 2.26. The van der Waals surface area contributed by atoms with Gasteiger partial charge in [0.05, 0.1) is 11.1 Å². The monoisotopic (exact) mass is 607 g/mol. The first-order valence-corrected chi connectivity index (χ1v) is 16.2. The standard InChI is InChI=1S/C38H45N3O4/c1-6-8-11-25(7-2)21-26-14-15-27-12-9-10-13-28(27)33(22(3)20-26)38-40-36(29-16-18-31(42)23(4)34(29)44)39-37(41-38)30-17-19-32(43)24(5)35(30)45/h9-10,12-13,16-19,25-26,42-45H,6-8,11,14-15,20-21H2,1-5H3/b33-22+. The Bertz CT molecular complexity index is 1650. The molecule has 2 unspecified atom stereocenters. The maximum absolute atomic E-state index is 11.1. The molecular weight excluding hydrogens is 562 g/mol. The summed E-state index contributed by atoms with van der Waals surface area (Å²) in [7, 11) is 0. The lowest BCUT2D eigenvalue weighted by molar-refractivity contribution is 0.320. The molecule has 5 rings (SSSR count). The molecule has 7 nitrogen and oxygen atoms in total. The Morgan fingerprint density at radius 3 is 1.89 bits per heavy atom. The Morgan fingerprint density at radius 1 is 0.733 bits per heavy atom. The lowest BCUT2D eigenvalue weighted by atomic mass is 9.78. The second-order valence-corrected chi connectivity index (χ2v) is 12.6. The van der Waals surface area contributed by atoms with Crippen LogP contribution >= 0.6 is 0 Å². The second-order valence-electron chi connectivity index (χ2n) is 12.6. The third-order valence-electron chi connectivity index (χ3n) is 9.49. The first-order valence-electron chi connectivity index (χ1n) is 16.2. The number of fused-ring (bicyclic) bond motifs is 1. The molecule has 0 aliphatic heterocycles. The summed E-state index contributed by atoms with van der Waals surface area (Å²) in [6, 6.07) is 14.6. The molecule has 1 aromatic heterocycles. The number of nitrogens with zero attached hydrogens (tertiary/aromatic N) is 3. The molecule has 7 heteroatoms. The van der Waals surface area contributed by atoms with Gasteiger partial charge >= 0.3 is 0 Å². The SMILES string of the molecule is CCCCC(CC)CC1CCc2ccccc2/C(c2nc(-c3ccc(O)c(C)c3O)nc(-c3ccc(O)c(C)c3O)n2)=C(/C)C1. The van der Waals surface area contributed by atoms with Crippen LogP contribution in [0.15, 0.2) is 54.1 Å². The molecule has 0 saturated carbocycles. The van der Waals surface area contributed by atoms with Gasteiger partial charge in [0, 0.05) is 16.7 Å². The summed E-state index contributed by atoms with van der Waals surface area (Å²) < 4.78 is 0. The number of aromatic nitrogens is 3. The number of allylic oxidation sites excluding steroid dienone is 1. The van der Waals surface area contributed by atoms with E-state index in [0.717, 1.165) is 30.4 Å². The van der Waals surface area contributed by atoms with Crippen molar-refractivity contribution in [2.45, 2.75) is 86.0 Å². The zero-order valence-corrected chi connectivity index (χ0v) is 27.1. The van der Waals surface area contributed by atoms with Crippen LogP contribution in [0.4, 0.5) is 0 Å². The minimum atomic E-state index is -0.120. The van der Waals surface area contributed by atoms with Gasteiger partial charge < -0.3 is 20.4 Å². The van der Waals surface area contributed by atoms with E-state index in [-0.39, 0.29) is 34.6 Å². The fourth-order valence-corrected chi connectivity index (χ4v) is 6.64. The fraction of sp³-hybridized carbons (Fsp3) is 0.395. The maximum atomic E-state index is 11.1. The number of hydrogen-bond donors (Lipinski definition) is 4. The summed E-state index contributed by atoms with van der Waals surface area (Å²) in [6.45, 7) is 10.0. The van der Waals surface area contributed by atoms with E-state index < -0.39 is 0 Å². The zero-order valence-electron chi connectivity index (χ0n) is 27.1. The van der Waals surface area contributed by atoms with E-state index >= 15 is 0 Å². The minimum absolute atomic E-state index is 0.0274. The van der Waals surface area contributed by atoms with E-state index in [1.807, 2.05) is 6.07 Å². The van der Waals surface area contributed by atoms with Gasteiger partial charge in [-0.3, -0.25) is 0 Å². The van der Waals surface area contributed by atoms with Crippen molar-refractivity contribution in [2.24, 2.45) is 11.8 Å². The highest BCUT2D eigenvalue weighted by atomic mass is 16.3. The Balaban J connectivity index is 1.72. The predicted octanol–water partition coefficient (Wildman–Crippen LogP) is 9.03. The van der Waals surface area contributed by atoms with Crippen LogP contribution in [-0.4, -0.2) is 35.4 Å². The van der Waals surface area contributed by atoms with Gasteiger partial charge in [0.2, 0.25) is 0 Å². The van der Waals surface area contributed by atoms with E-state index in [2.05, 4.69) is 39.0 Å². The molecule has 0 amide bonds. The van der Waals surface area contributed by atoms with Crippen molar-refractivity contribution in [1.29, 1.82) is 0 Å². The van der Waals surface area contributed by atoms with E-state index in [9.17, 15) is 20.4 Å². The van der Waals surface area contributed by atoms with Gasteiger partial charge in [0.15, 0.2) is 17.5 Å². The average Bonchev–Trinajstić information content (AvgIpc) is 3.03. The smallest absolute Gasteiger partial charge is 0.167 e. The number of phenolic OH excluding ortho intramolecular Hbond substituents is 4. The van der Waals surface area contributed by atoms with Crippen LogP contribution in [0.3, 0.4) is 0 Å². The lowest BCUT2D eigenvalue weighted by Gasteiger charge is -2.27. The number of phenols is 4. The van der Waals surface area contributed by atoms with Crippen molar-refractivity contribution in [1.82, 2.24) is 15.0 Å². The number of aromatic hydroxyl groups is 4. The van der Waals surface area contributed by atoms with E-state index in [1.165, 1.54) is 55.4 Å². The molecule has 4 N–H and O–H groups in total. The van der Waals surface area contributed by atoms with Crippen LogP contribution in [0.1, 0.15) is 93.8 Å². The van der Waals surface area contributed by atoms with Crippen molar-refractivity contribution in [3.8, 4) is 45.8 Å². The summed E-state index contributed by atoms with van der Waals surface area (Å²) in [6.07, 6.45) is 9.14. The summed E-state index contributed by atoms with van der Waals surface area (Å²) in [4.78, 5) is 14.7. The molecule has 1 aliphatic rings. The highest BCUT2D eigenvalue weighted by molar-refractivity contribution is 5.83. The zero-order chi connectivity index (χ0) is 32.2. The number of hydrogen-bond acceptors (Lipinski definition) is 7. The predicted molar refractivity (Wildman–Crippen MR) is 179 cm³/mol. The number of unbranched alkanes of at least 4 members (excludes halogenated alkanes) is 1. The van der Waals surface area contributed by atoms with Gasteiger partial charge in [-0.05, 0) is 93.7 Å². The summed E-state index contributed by atoms with van der Waals surface area (Å²) >= 11 is 0. The maximum Gasteiger partial charge on any atom is 0.167 e. The average molecular weight is 608 g/mol. The second kappa shape index (κ2) is 13.7. The van der Waals surface area contributed by atoms with E-state index in [4.69, 9.17) is 15.0 Å². The molecule has 0 spiro atoms. The molecule has 0 saturated heterocycles. The van der Waals surface area contributed by atoms with Crippen molar-refractivity contribution in [2.75, 3.05) is 0 Å². The Morgan fingerprint density at radius 2 is 1.31 bits per heavy atom. The topological polar surface area (TPSA) is 120 Å². The van der Waals surface area contributed by atoms with E-state index in [1.54, 1.807) is 26.0 Å². The quantitative estimate of drug-likeness (QED) is 0.150. The molecule has 236 valence electrons. The fourth-order valence-electron chi connectivity index (χ4n) is 6.64. The molecule has 0 bridgehead atoms. The van der Waals surface area contributed by atoms with Crippen molar-refractivity contribution >= 4 is 5.57 Å². The molecular formula is C38H45N3O4. The van der Waals surface area contributed by atoms with Crippen molar-refractivity contribution in [3.63, 3.8) is 0 Å². The lowest BCUT2D eigenvalue weighted by Crippen LogP contribution is -2.15. The molecule has 0 fully saturated rings. The van der Waals surface area contributed by atoms with Gasteiger partial charge in [-0.15, -0.1) is 0 Å². The normalized spacial score (nSPS) is 17.4. The van der Waals surface area contributed by atoms with Gasteiger partial charge in [0.25, 0.3) is 0 Å². The molecule has 1 heterocycles. The largest absolute Gasteiger partial charge is 0.508 e. The van der Waals surface area contributed by atoms with Crippen LogP contribution in [0.25, 0.3) is 28.3 Å². The highest BCUT2D eigenvalue weighted by Crippen LogP contribution is 2.41. The number of benzene rings is 3. The van der Waals surface area contributed by atoms with Crippen LogP contribution in [0, 0.1) is 25.7 Å². The van der Waals surface area contributed by atoms with Crippen LogP contribution in [0.5, 0.6) is 23.0 Å². The van der Waals surface area contributed by atoms with Gasteiger partial charge in [-0.25, -0.2) is 15.0 Å². The molecule has 2 atom stereocenters. The van der Waals surface area contributed by atoms with Gasteiger partial charge in [-0.1, -0.05) is 69.4 Å². The van der Waals surface area contributed by atoms with Crippen LogP contribution in [-0.2, 0) is 6.42 Å². The molecule has 3 aromatic carbocycles. The van der Waals surface area contributed by atoms with Crippen LogP contribution in [0.2, 0.25) is 0 Å².